The molecule has 1 fully saturated rings. The van der Waals surface area contributed by atoms with E-state index in [2.05, 4.69) is 39.4 Å². The van der Waals surface area contributed by atoms with E-state index in [0.717, 1.165) is 40.0 Å². The molecule has 4 aromatic rings. The van der Waals surface area contributed by atoms with Crippen molar-refractivity contribution in [3.8, 4) is 17.0 Å². The minimum Gasteiger partial charge on any atom is -0.481 e. The maximum absolute atomic E-state index is 13.0. The van der Waals surface area contributed by atoms with Crippen molar-refractivity contribution >= 4 is 22.5 Å². The Kier molecular flexibility index (Phi) is 6.69. The van der Waals surface area contributed by atoms with Crippen LogP contribution in [0.5, 0.6) is 5.75 Å². The molecule has 1 atom stereocenters. The maximum Gasteiger partial charge on any atom is 0.416 e. The molecule has 1 aromatic heterocycles. The maximum atomic E-state index is 13.0. The molecule has 1 aliphatic heterocycles. The van der Waals surface area contributed by atoms with Crippen molar-refractivity contribution in [3.05, 3.63) is 84.4 Å². The first-order chi connectivity index (χ1) is 17.8. The lowest BCUT2D eigenvalue weighted by Crippen LogP contribution is -2.52. The highest BCUT2D eigenvalue weighted by atomic mass is 19.4. The lowest BCUT2D eigenvalue weighted by atomic mass is 10.1. The van der Waals surface area contributed by atoms with Crippen molar-refractivity contribution in [2.45, 2.75) is 19.2 Å². The van der Waals surface area contributed by atoms with E-state index in [1.807, 2.05) is 30.3 Å². The van der Waals surface area contributed by atoms with Crippen molar-refractivity contribution < 1.29 is 22.7 Å². The van der Waals surface area contributed by atoms with Gasteiger partial charge in [-0.2, -0.15) is 13.2 Å². The summed E-state index contributed by atoms with van der Waals surface area (Å²) in [6, 6.07) is 22.7. The molecule has 0 N–H and O–H groups in total. The number of nitrogens with zero attached hydrogens (tertiary/aromatic N) is 4. The second-order valence-electron chi connectivity index (χ2n) is 8.94. The summed E-state index contributed by atoms with van der Waals surface area (Å²) in [5.74, 6) is 0.468. The van der Waals surface area contributed by atoms with Gasteiger partial charge < -0.3 is 14.5 Å². The summed E-state index contributed by atoms with van der Waals surface area (Å²) in [4.78, 5) is 16.6. The van der Waals surface area contributed by atoms with Gasteiger partial charge in [0.2, 0.25) is 0 Å². The summed E-state index contributed by atoms with van der Waals surface area (Å²) in [5.41, 5.74) is 0.956. The summed E-state index contributed by atoms with van der Waals surface area (Å²) in [5, 5.41) is 11.1. The van der Waals surface area contributed by atoms with Gasteiger partial charge in [-0.25, -0.2) is 0 Å². The Morgan fingerprint density at radius 2 is 1.62 bits per heavy atom. The number of carbonyl (C=O) groups excluding carboxylic acids is 1. The third kappa shape index (κ3) is 5.50. The molecule has 37 heavy (non-hydrogen) atoms. The molecule has 0 spiro atoms. The number of hydrogen-bond acceptors (Lipinski definition) is 5. The fourth-order valence-corrected chi connectivity index (χ4v) is 4.41. The average Bonchev–Trinajstić information content (AvgIpc) is 2.92. The van der Waals surface area contributed by atoms with Crippen LogP contribution < -0.4 is 9.64 Å². The van der Waals surface area contributed by atoms with Crippen LogP contribution in [0.25, 0.3) is 22.0 Å². The van der Waals surface area contributed by atoms with E-state index in [1.165, 1.54) is 12.1 Å². The highest BCUT2D eigenvalue weighted by Crippen LogP contribution is 2.31. The molecule has 0 aliphatic carbocycles. The van der Waals surface area contributed by atoms with Crippen LogP contribution in [0.2, 0.25) is 0 Å². The van der Waals surface area contributed by atoms with Crippen LogP contribution in [0.15, 0.2) is 78.9 Å². The number of fused-ring (bicyclic) bond motifs is 1. The average molecular weight is 507 g/mol. The van der Waals surface area contributed by atoms with Crippen LogP contribution in [0.4, 0.5) is 19.0 Å². The van der Waals surface area contributed by atoms with Crippen molar-refractivity contribution in [1.82, 2.24) is 15.1 Å². The number of anilines is 1. The van der Waals surface area contributed by atoms with Crippen LogP contribution in [0, 0.1) is 0 Å². The number of aromatic nitrogens is 2. The van der Waals surface area contributed by atoms with Gasteiger partial charge in [0.05, 0.1) is 11.3 Å². The lowest BCUT2D eigenvalue weighted by Gasteiger charge is -2.36. The minimum absolute atomic E-state index is 0.0103. The number of benzene rings is 3. The first-order valence-electron chi connectivity index (χ1n) is 12.0. The monoisotopic (exact) mass is 506 g/mol. The number of halogens is 3. The molecule has 0 radical (unpaired) electrons. The first kappa shape index (κ1) is 24.5. The standard InChI is InChI=1S/C28H25F3N4O2/c1-19(37-24-8-4-7-23(18-24)28(29,30)31)27(36)35-15-13-34(14-16-35)26-12-11-25(32-33-26)22-10-9-20-5-2-3-6-21(20)17-22/h2-12,17-19H,13-16H2,1H3. The molecule has 5 rings (SSSR count). The largest absolute Gasteiger partial charge is 0.481 e. The summed E-state index contributed by atoms with van der Waals surface area (Å²) >= 11 is 0. The zero-order valence-corrected chi connectivity index (χ0v) is 20.2. The van der Waals surface area contributed by atoms with Gasteiger partial charge in [0.1, 0.15) is 5.75 Å². The third-order valence-corrected chi connectivity index (χ3v) is 6.43. The summed E-state index contributed by atoms with van der Waals surface area (Å²) in [7, 11) is 0. The van der Waals surface area contributed by atoms with E-state index < -0.39 is 17.8 Å². The van der Waals surface area contributed by atoms with E-state index in [0.29, 0.717) is 26.2 Å². The smallest absolute Gasteiger partial charge is 0.416 e. The van der Waals surface area contributed by atoms with Gasteiger partial charge in [0.15, 0.2) is 11.9 Å². The molecular weight excluding hydrogens is 481 g/mol. The minimum atomic E-state index is -4.47. The fourth-order valence-electron chi connectivity index (χ4n) is 4.41. The molecule has 0 bridgehead atoms. The number of carbonyl (C=O) groups is 1. The molecular formula is C28H25F3N4O2. The molecule has 190 valence electrons. The Balaban J connectivity index is 1.18. The van der Waals surface area contributed by atoms with Crippen molar-refractivity contribution in [2.75, 3.05) is 31.1 Å². The highest BCUT2D eigenvalue weighted by molar-refractivity contribution is 5.86. The second-order valence-corrected chi connectivity index (χ2v) is 8.94. The molecule has 1 unspecified atom stereocenters. The molecule has 3 aromatic carbocycles. The van der Waals surface area contributed by atoms with E-state index in [-0.39, 0.29) is 11.7 Å². The van der Waals surface area contributed by atoms with Gasteiger partial charge in [-0.3, -0.25) is 4.79 Å². The molecule has 1 aliphatic rings. The number of ether oxygens (including phenoxy) is 1. The van der Waals surface area contributed by atoms with Gasteiger partial charge in [0, 0.05) is 31.7 Å². The molecule has 9 heteroatoms. The zero-order chi connectivity index (χ0) is 26.0. The van der Waals surface area contributed by atoms with Gasteiger partial charge >= 0.3 is 6.18 Å². The number of amides is 1. The quantitative estimate of drug-likeness (QED) is 0.361. The Morgan fingerprint density at radius 1 is 0.865 bits per heavy atom. The summed E-state index contributed by atoms with van der Waals surface area (Å²) < 4.78 is 44.4. The van der Waals surface area contributed by atoms with E-state index in [4.69, 9.17) is 4.74 Å². The number of hydrogen-bond donors (Lipinski definition) is 0. The van der Waals surface area contributed by atoms with Crippen LogP contribution in [0.3, 0.4) is 0 Å². The first-order valence-corrected chi connectivity index (χ1v) is 12.0. The topological polar surface area (TPSA) is 58.6 Å². The van der Waals surface area contributed by atoms with E-state index in [1.54, 1.807) is 11.8 Å². The van der Waals surface area contributed by atoms with Crippen molar-refractivity contribution in [2.24, 2.45) is 0 Å². The predicted molar refractivity (Wildman–Crippen MR) is 135 cm³/mol. The third-order valence-electron chi connectivity index (χ3n) is 6.43. The Morgan fingerprint density at radius 3 is 2.32 bits per heavy atom. The normalized spacial score (nSPS) is 15.0. The zero-order valence-electron chi connectivity index (χ0n) is 20.2. The second kappa shape index (κ2) is 10.1. The Hall–Kier alpha value is -4.14. The van der Waals surface area contributed by atoms with Crippen LogP contribution >= 0.6 is 0 Å². The number of alkyl halides is 3. The van der Waals surface area contributed by atoms with Crippen molar-refractivity contribution in [1.29, 1.82) is 0 Å². The van der Waals surface area contributed by atoms with Gasteiger partial charge in [-0.15, -0.1) is 10.2 Å². The van der Waals surface area contributed by atoms with Crippen LogP contribution in [0.1, 0.15) is 12.5 Å². The number of piperazine rings is 1. The van der Waals surface area contributed by atoms with Gasteiger partial charge in [-0.05, 0) is 54.1 Å². The molecule has 1 amide bonds. The number of rotatable bonds is 5. The Bertz CT molecular complexity index is 1400. The molecule has 6 nitrogen and oxygen atoms in total. The highest BCUT2D eigenvalue weighted by Gasteiger charge is 2.31. The van der Waals surface area contributed by atoms with Gasteiger partial charge in [0.25, 0.3) is 5.91 Å². The van der Waals surface area contributed by atoms with E-state index in [9.17, 15) is 18.0 Å². The van der Waals surface area contributed by atoms with Crippen molar-refractivity contribution in [3.63, 3.8) is 0 Å². The van der Waals surface area contributed by atoms with E-state index >= 15 is 0 Å². The lowest BCUT2D eigenvalue weighted by molar-refractivity contribution is -0.138. The van der Waals surface area contributed by atoms with Gasteiger partial charge in [-0.1, -0.05) is 42.5 Å². The molecule has 0 saturated carbocycles. The summed E-state index contributed by atoms with van der Waals surface area (Å²) in [6.45, 7) is 3.57. The molecule has 1 saturated heterocycles. The van der Waals surface area contributed by atoms with Crippen LogP contribution in [-0.4, -0.2) is 53.3 Å². The predicted octanol–water partition coefficient (Wildman–Crippen LogP) is 5.43. The SMILES string of the molecule is CC(Oc1cccc(C(F)(F)F)c1)C(=O)N1CCN(c2ccc(-c3ccc4ccccc4c3)nn2)CC1. The fraction of sp³-hybridized carbons (Fsp3) is 0.250. The molecule has 2 heterocycles. The Labute approximate surface area is 212 Å². The van der Waals surface area contributed by atoms with Crippen LogP contribution in [-0.2, 0) is 11.0 Å². The summed E-state index contributed by atoms with van der Waals surface area (Å²) in [6.07, 6.45) is -5.38.